The van der Waals surface area contributed by atoms with Crippen LogP contribution in [0.25, 0.3) is 0 Å². The van der Waals surface area contributed by atoms with Crippen molar-refractivity contribution in [2.24, 2.45) is 0 Å². The molecule has 1 aromatic carbocycles. The van der Waals surface area contributed by atoms with Gasteiger partial charge in [0.05, 0.1) is 24.3 Å². The number of carbonyl (C=O) groups is 2. The first-order valence-electron chi connectivity index (χ1n) is 7.92. The van der Waals surface area contributed by atoms with Crippen LogP contribution >= 0.6 is 7.82 Å². The Morgan fingerprint density at radius 1 is 0.880 bits per heavy atom. The topological polar surface area (TPSA) is 130 Å². The second-order valence-corrected chi connectivity index (χ2v) is 6.06. The fourth-order valence-corrected chi connectivity index (χ4v) is 1.61. The zero-order valence-corrected chi connectivity index (χ0v) is 15.3. The van der Waals surface area contributed by atoms with E-state index in [9.17, 15) is 9.59 Å². The number of hydrogen-bond donors (Lipinski definition) is 3. The molecule has 0 spiro atoms. The Balaban J connectivity index is 0.00000101. The Morgan fingerprint density at radius 2 is 1.20 bits per heavy atom. The van der Waals surface area contributed by atoms with E-state index in [0.717, 1.165) is 25.7 Å². The van der Waals surface area contributed by atoms with Gasteiger partial charge in [0.15, 0.2) is 0 Å². The fraction of sp³-hybridized carbons (Fsp3) is 0.500. The minimum Gasteiger partial charge on any atom is -0.462 e. The van der Waals surface area contributed by atoms with E-state index >= 15 is 0 Å². The van der Waals surface area contributed by atoms with Crippen LogP contribution in [0.4, 0.5) is 0 Å². The van der Waals surface area contributed by atoms with Gasteiger partial charge in [0.1, 0.15) is 0 Å². The first-order valence-corrected chi connectivity index (χ1v) is 9.48. The number of carbonyl (C=O) groups excluding carboxylic acids is 2. The predicted octanol–water partition coefficient (Wildman–Crippen LogP) is 2.67. The maximum Gasteiger partial charge on any atom is 0.466 e. The Kier molecular flexibility index (Phi) is 11.7. The van der Waals surface area contributed by atoms with Gasteiger partial charge in [-0.2, -0.15) is 0 Å². The molecule has 25 heavy (non-hydrogen) atoms. The van der Waals surface area contributed by atoms with Crippen LogP contribution in [0, 0.1) is 0 Å². The quantitative estimate of drug-likeness (QED) is 0.359. The average Bonchev–Trinajstić information content (AvgIpc) is 2.53. The highest BCUT2D eigenvalue weighted by Gasteiger charge is 2.18. The van der Waals surface area contributed by atoms with Gasteiger partial charge >= 0.3 is 19.8 Å². The van der Waals surface area contributed by atoms with Crippen LogP contribution in [0.2, 0.25) is 0 Å². The number of hydrogen-bond acceptors (Lipinski definition) is 5. The molecule has 0 saturated carbocycles. The van der Waals surface area contributed by atoms with Crippen LogP contribution in [0.1, 0.15) is 60.2 Å². The normalized spacial score (nSPS) is 10.4. The first-order chi connectivity index (χ1) is 11.7. The lowest BCUT2D eigenvalue weighted by Gasteiger charge is -2.09. The lowest BCUT2D eigenvalue weighted by Crippen LogP contribution is -2.14. The molecule has 0 aromatic heterocycles. The summed E-state index contributed by atoms with van der Waals surface area (Å²) < 4.78 is 19.2. The van der Waals surface area contributed by atoms with E-state index in [1.54, 1.807) is 24.3 Å². The molecule has 142 valence electrons. The predicted molar refractivity (Wildman–Crippen MR) is 91.1 cm³/mol. The lowest BCUT2D eigenvalue weighted by atomic mass is 10.1. The highest BCUT2D eigenvalue weighted by Crippen LogP contribution is 2.25. The standard InChI is InChI=1S/C16H22O4.H3O4P/c1-3-5-11-19-15(17)13-9-7-8-10-14(13)16(18)20-12-6-4-2;1-5(2,3)4/h7-10H,3-6,11-12H2,1-2H3;(H3,1,2,3,4). The summed E-state index contributed by atoms with van der Waals surface area (Å²) in [7, 11) is -4.64. The second kappa shape index (κ2) is 12.6. The zero-order chi connectivity index (χ0) is 19.3. The molecule has 1 rings (SSSR count). The van der Waals surface area contributed by atoms with E-state index in [1.165, 1.54) is 0 Å². The van der Waals surface area contributed by atoms with Crippen molar-refractivity contribution < 1.29 is 38.3 Å². The highest BCUT2D eigenvalue weighted by atomic mass is 31.2. The minimum absolute atomic E-state index is 0.269. The summed E-state index contributed by atoms with van der Waals surface area (Å²) in [6.07, 6.45) is 3.53. The lowest BCUT2D eigenvalue weighted by molar-refractivity contribution is 0.0452. The molecule has 1 aromatic rings. The molecule has 0 unspecified atom stereocenters. The Labute approximate surface area is 147 Å². The second-order valence-electron chi connectivity index (χ2n) is 5.04. The molecule has 0 heterocycles. The van der Waals surface area contributed by atoms with Crippen LogP contribution in [0.15, 0.2) is 24.3 Å². The van der Waals surface area contributed by atoms with E-state index in [0.29, 0.717) is 13.2 Å². The van der Waals surface area contributed by atoms with Gasteiger partial charge in [0.25, 0.3) is 0 Å². The number of esters is 2. The van der Waals surface area contributed by atoms with Crippen molar-refractivity contribution in [3.8, 4) is 0 Å². The monoisotopic (exact) mass is 376 g/mol. The summed E-state index contributed by atoms with van der Waals surface area (Å²) in [5.74, 6) is -0.942. The Morgan fingerprint density at radius 3 is 1.48 bits per heavy atom. The molecule has 0 aliphatic carbocycles. The molecular weight excluding hydrogens is 351 g/mol. The van der Waals surface area contributed by atoms with E-state index in [4.69, 9.17) is 28.7 Å². The third-order valence-electron chi connectivity index (χ3n) is 2.83. The number of benzene rings is 1. The van der Waals surface area contributed by atoms with Crippen molar-refractivity contribution in [3.05, 3.63) is 35.4 Å². The Bertz CT molecular complexity index is 532. The smallest absolute Gasteiger partial charge is 0.462 e. The van der Waals surface area contributed by atoms with Gasteiger partial charge in [-0.25, -0.2) is 14.2 Å². The van der Waals surface area contributed by atoms with Crippen LogP contribution in [0.5, 0.6) is 0 Å². The van der Waals surface area contributed by atoms with Gasteiger partial charge in [-0.1, -0.05) is 38.8 Å². The van der Waals surface area contributed by atoms with Gasteiger partial charge in [-0.15, -0.1) is 0 Å². The summed E-state index contributed by atoms with van der Waals surface area (Å²) in [4.78, 5) is 45.5. The molecule has 0 amide bonds. The fourth-order valence-electron chi connectivity index (χ4n) is 1.61. The number of ether oxygens (including phenoxy) is 2. The molecule has 8 nitrogen and oxygen atoms in total. The SMILES string of the molecule is CCCCOC(=O)c1ccccc1C(=O)OCCCC.O=P(O)(O)O. The molecule has 0 fully saturated rings. The van der Waals surface area contributed by atoms with Gasteiger partial charge in [-0.05, 0) is 25.0 Å². The van der Waals surface area contributed by atoms with Crippen molar-refractivity contribution in [1.29, 1.82) is 0 Å². The average molecular weight is 376 g/mol. The summed E-state index contributed by atoms with van der Waals surface area (Å²) in [6, 6.07) is 6.59. The van der Waals surface area contributed by atoms with Crippen LogP contribution in [-0.2, 0) is 14.0 Å². The molecule has 0 radical (unpaired) electrons. The van der Waals surface area contributed by atoms with E-state index in [2.05, 4.69) is 0 Å². The summed E-state index contributed by atoms with van der Waals surface area (Å²) in [5, 5.41) is 0. The first kappa shape index (κ1) is 23.3. The van der Waals surface area contributed by atoms with Crippen molar-refractivity contribution >= 4 is 19.8 Å². The van der Waals surface area contributed by atoms with Crippen LogP contribution < -0.4 is 0 Å². The van der Waals surface area contributed by atoms with Crippen LogP contribution in [0.3, 0.4) is 0 Å². The van der Waals surface area contributed by atoms with E-state index < -0.39 is 19.8 Å². The van der Waals surface area contributed by atoms with E-state index in [-0.39, 0.29) is 11.1 Å². The highest BCUT2D eigenvalue weighted by molar-refractivity contribution is 7.45. The number of unbranched alkanes of at least 4 members (excludes halogenated alkanes) is 2. The molecule has 9 heteroatoms. The largest absolute Gasteiger partial charge is 0.466 e. The minimum atomic E-state index is -4.64. The summed E-state index contributed by atoms with van der Waals surface area (Å²) in [6.45, 7) is 4.78. The van der Waals surface area contributed by atoms with Crippen LogP contribution in [-0.4, -0.2) is 39.8 Å². The van der Waals surface area contributed by atoms with E-state index in [1.807, 2.05) is 13.8 Å². The molecule has 0 aliphatic rings. The van der Waals surface area contributed by atoms with Crippen molar-refractivity contribution in [1.82, 2.24) is 0 Å². The van der Waals surface area contributed by atoms with Crippen molar-refractivity contribution in [3.63, 3.8) is 0 Å². The summed E-state index contributed by atoms with van der Waals surface area (Å²) >= 11 is 0. The third-order valence-corrected chi connectivity index (χ3v) is 2.83. The zero-order valence-electron chi connectivity index (χ0n) is 14.4. The van der Waals surface area contributed by atoms with Gasteiger partial charge in [0, 0.05) is 0 Å². The molecule has 0 bridgehead atoms. The van der Waals surface area contributed by atoms with Crippen molar-refractivity contribution in [2.45, 2.75) is 39.5 Å². The number of phosphoric acid groups is 1. The van der Waals surface area contributed by atoms with Gasteiger partial charge in [0.2, 0.25) is 0 Å². The summed E-state index contributed by atoms with van der Waals surface area (Å²) in [5.41, 5.74) is 0.537. The maximum absolute atomic E-state index is 11.9. The molecule has 0 saturated heterocycles. The number of rotatable bonds is 8. The van der Waals surface area contributed by atoms with Crippen molar-refractivity contribution in [2.75, 3.05) is 13.2 Å². The molecular formula is C16H25O8P. The maximum atomic E-state index is 11.9. The third kappa shape index (κ3) is 12.3. The molecule has 3 N–H and O–H groups in total. The Hall–Kier alpha value is -1.73. The molecule has 0 aliphatic heterocycles. The van der Waals surface area contributed by atoms with Gasteiger partial charge < -0.3 is 24.2 Å². The van der Waals surface area contributed by atoms with Gasteiger partial charge in [-0.3, -0.25) is 0 Å². The molecule has 0 atom stereocenters.